The lowest BCUT2D eigenvalue weighted by molar-refractivity contribution is -0.141. The van der Waals surface area contributed by atoms with E-state index in [1.165, 1.54) is 11.1 Å². The number of hydrogen-bond acceptors (Lipinski definition) is 2. The van der Waals surface area contributed by atoms with Crippen LogP contribution in [0.25, 0.3) is 0 Å². The highest BCUT2D eigenvalue weighted by Crippen LogP contribution is 2.27. The predicted molar refractivity (Wildman–Crippen MR) is 81.1 cm³/mol. The molecule has 1 unspecified atom stereocenters. The van der Waals surface area contributed by atoms with Crippen LogP contribution in [0, 0.1) is 12.8 Å². The van der Waals surface area contributed by atoms with Crippen LogP contribution in [0.15, 0.2) is 24.3 Å². The van der Waals surface area contributed by atoms with E-state index in [2.05, 4.69) is 31.3 Å². The van der Waals surface area contributed by atoms with E-state index < -0.39 is 5.97 Å². The zero-order valence-corrected chi connectivity index (χ0v) is 12.6. The number of carbonyl (C=O) groups excluding carboxylic acids is 1. The molecule has 1 aliphatic carbocycles. The topological polar surface area (TPSA) is 66.4 Å². The number of hydrogen-bond donors (Lipinski definition) is 2. The van der Waals surface area contributed by atoms with Gasteiger partial charge in [0.2, 0.25) is 5.91 Å². The van der Waals surface area contributed by atoms with E-state index in [-0.39, 0.29) is 23.8 Å². The molecule has 0 heterocycles. The van der Waals surface area contributed by atoms with Crippen molar-refractivity contribution < 1.29 is 14.7 Å². The molecule has 1 amide bonds. The standard InChI is InChI=1S/C17H23NO3/c1-11-5-3-4-6-15(11)12(2)9-16(19)18-14-8-7-13(10-14)17(20)21/h3-6,12-14H,7-10H2,1-2H3,(H,18,19)(H,20,21)/t12?,13-,14+/m1/s1. The summed E-state index contributed by atoms with van der Waals surface area (Å²) >= 11 is 0. The summed E-state index contributed by atoms with van der Waals surface area (Å²) in [6, 6.07) is 8.12. The molecule has 21 heavy (non-hydrogen) atoms. The third-order valence-corrected chi connectivity index (χ3v) is 4.36. The van der Waals surface area contributed by atoms with Gasteiger partial charge in [0.05, 0.1) is 5.92 Å². The summed E-state index contributed by atoms with van der Waals surface area (Å²) < 4.78 is 0. The quantitative estimate of drug-likeness (QED) is 0.876. The molecule has 1 aromatic carbocycles. The van der Waals surface area contributed by atoms with Gasteiger partial charge in [0.15, 0.2) is 0 Å². The van der Waals surface area contributed by atoms with E-state index in [4.69, 9.17) is 5.11 Å². The molecule has 0 radical (unpaired) electrons. The Morgan fingerprint density at radius 3 is 2.67 bits per heavy atom. The van der Waals surface area contributed by atoms with Gasteiger partial charge in [0.1, 0.15) is 0 Å². The van der Waals surface area contributed by atoms with Crippen LogP contribution in [0.1, 0.15) is 49.7 Å². The van der Waals surface area contributed by atoms with Crippen LogP contribution in [-0.4, -0.2) is 23.0 Å². The molecular weight excluding hydrogens is 266 g/mol. The SMILES string of the molecule is Cc1ccccc1C(C)CC(=O)N[C@H]1CC[C@@H](C(=O)O)C1. The number of amides is 1. The highest BCUT2D eigenvalue weighted by Gasteiger charge is 2.30. The highest BCUT2D eigenvalue weighted by molar-refractivity contribution is 5.77. The zero-order valence-electron chi connectivity index (χ0n) is 12.6. The normalized spacial score (nSPS) is 22.8. The second-order valence-corrected chi connectivity index (χ2v) is 6.07. The number of nitrogens with one attached hydrogen (secondary N) is 1. The van der Waals surface area contributed by atoms with Crippen LogP contribution < -0.4 is 5.32 Å². The monoisotopic (exact) mass is 289 g/mol. The van der Waals surface area contributed by atoms with Gasteiger partial charge in [-0.2, -0.15) is 0 Å². The van der Waals surface area contributed by atoms with Crippen molar-refractivity contribution in [2.75, 3.05) is 0 Å². The molecule has 4 heteroatoms. The van der Waals surface area contributed by atoms with E-state index in [1.54, 1.807) is 0 Å². The van der Waals surface area contributed by atoms with Gasteiger partial charge in [-0.3, -0.25) is 9.59 Å². The number of aryl methyl sites for hydroxylation is 1. The minimum absolute atomic E-state index is 0.0155. The van der Waals surface area contributed by atoms with Crippen molar-refractivity contribution in [2.45, 2.75) is 51.5 Å². The Kier molecular flexibility index (Phi) is 4.99. The molecule has 0 saturated heterocycles. The maximum absolute atomic E-state index is 12.1. The Labute approximate surface area is 125 Å². The van der Waals surface area contributed by atoms with E-state index in [0.29, 0.717) is 19.3 Å². The lowest BCUT2D eigenvalue weighted by Crippen LogP contribution is -2.34. The van der Waals surface area contributed by atoms with Crippen molar-refractivity contribution >= 4 is 11.9 Å². The number of carboxylic acids is 1. The van der Waals surface area contributed by atoms with Crippen LogP contribution >= 0.6 is 0 Å². The smallest absolute Gasteiger partial charge is 0.306 e. The lowest BCUT2D eigenvalue weighted by atomic mass is 9.93. The molecule has 0 bridgehead atoms. The fourth-order valence-electron chi connectivity index (χ4n) is 3.15. The number of rotatable bonds is 5. The average molecular weight is 289 g/mol. The van der Waals surface area contributed by atoms with Crippen molar-refractivity contribution in [1.82, 2.24) is 5.32 Å². The summed E-state index contributed by atoms with van der Waals surface area (Å²) in [5, 5.41) is 12.0. The first kappa shape index (κ1) is 15.5. The third-order valence-electron chi connectivity index (χ3n) is 4.36. The fraction of sp³-hybridized carbons (Fsp3) is 0.529. The third kappa shape index (κ3) is 4.06. The molecule has 0 spiro atoms. The molecule has 1 saturated carbocycles. The first-order valence-corrected chi connectivity index (χ1v) is 7.55. The van der Waals surface area contributed by atoms with Crippen LogP contribution in [0.5, 0.6) is 0 Å². The van der Waals surface area contributed by atoms with E-state index >= 15 is 0 Å². The summed E-state index contributed by atoms with van der Waals surface area (Å²) in [5.41, 5.74) is 2.40. The Hall–Kier alpha value is -1.84. The van der Waals surface area contributed by atoms with Crippen molar-refractivity contribution in [2.24, 2.45) is 5.92 Å². The first-order valence-electron chi connectivity index (χ1n) is 7.55. The molecule has 1 fully saturated rings. The minimum atomic E-state index is -0.750. The summed E-state index contributed by atoms with van der Waals surface area (Å²) in [6.45, 7) is 4.11. The second kappa shape index (κ2) is 6.74. The molecule has 3 atom stereocenters. The predicted octanol–water partition coefficient (Wildman–Crippen LogP) is 2.86. The molecular formula is C17H23NO3. The van der Waals surface area contributed by atoms with Crippen LogP contribution in [0.3, 0.4) is 0 Å². The van der Waals surface area contributed by atoms with Gasteiger partial charge in [0, 0.05) is 12.5 Å². The van der Waals surface area contributed by atoms with Gasteiger partial charge in [-0.05, 0) is 43.2 Å². The maximum atomic E-state index is 12.1. The molecule has 2 rings (SSSR count). The van der Waals surface area contributed by atoms with E-state index in [0.717, 1.165) is 6.42 Å². The Bertz CT molecular complexity index is 527. The molecule has 114 valence electrons. The van der Waals surface area contributed by atoms with Crippen molar-refractivity contribution in [3.05, 3.63) is 35.4 Å². The molecule has 1 aliphatic rings. The summed E-state index contributed by atoms with van der Waals surface area (Å²) in [6.07, 6.45) is 2.42. The van der Waals surface area contributed by atoms with Crippen LogP contribution in [0.2, 0.25) is 0 Å². The van der Waals surface area contributed by atoms with Crippen molar-refractivity contribution in [3.8, 4) is 0 Å². The number of carboxylic acid groups (broad SMARTS) is 1. The largest absolute Gasteiger partial charge is 0.481 e. The van der Waals surface area contributed by atoms with Crippen molar-refractivity contribution in [3.63, 3.8) is 0 Å². The van der Waals surface area contributed by atoms with E-state index in [1.807, 2.05) is 12.1 Å². The Morgan fingerprint density at radius 1 is 1.33 bits per heavy atom. The lowest BCUT2D eigenvalue weighted by Gasteiger charge is -2.17. The molecule has 0 aromatic heterocycles. The number of carbonyl (C=O) groups is 2. The molecule has 1 aromatic rings. The van der Waals surface area contributed by atoms with Gasteiger partial charge in [0.25, 0.3) is 0 Å². The number of aliphatic carboxylic acids is 1. The van der Waals surface area contributed by atoms with Crippen molar-refractivity contribution in [1.29, 1.82) is 0 Å². The second-order valence-electron chi connectivity index (χ2n) is 6.07. The van der Waals surface area contributed by atoms with Gasteiger partial charge < -0.3 is 10.4 Å². The summed E-state index contributed by atoms with van der Waals surface area (Å²) in [7, 11) is 0. The van der Waals surface area contributed by atoms with Gasteiger partial charge in [-0.15, -0.1) is 0 Å². The summed E-state index contributed by atoms with van der Waals surface area (Å²) in [4.78, 5) is 23.0. The maximum Gasteiger partial charge on any atom is 0.306 e. The van der Waals surface area contributed by atoms with Gasteiger partial charge in [-0.25, -0.2) is 0 Å². The first-order chi connectivity index (χ1) is 9.97. The number of benzene rings is 1. The van der Waals surface area contributed by atoms with Crippen LogP contribution in [0.4, 0.5) is 0 Å². The fourth-order valence-corrected chi connectivity index (χ4v) is 3.15. The summed E-state index contributed by atoms with van der Waals surface area (Å²) in [5.74, 6) is -0.867. The molecule has 4 nitrogen and oxygen atoms in total. The highest BCUT2D eigenvalue weighted by atomic mass is 16.4. The Balaban J connectivity index is 1.85. The zero-order chi connectivity index (χ0) is 15.4. The van der Waals surface area contributed by atoms with Crippen LogP contribution in [-0.2, 0) is 9.59 Å². The van der Waals surface area contributed by atoms with Gasteiger partial charge >= 0.3 is 5.97 Å². The van der Waals surface area contributed by atoms with Gasteiger partial charge in [-0.1, -0.05) is 31.2 Å². The average Bonchev–Trinajstić information content (AvgIpc) is 2.87. The Morgan fingerprint density at radius 2 is 2.05 bits per heavy atom. The molecule has 2 N–H and O–H groups in total. The van der Waals surface area contributed by atoms with E-state index in [9.17, 15) is 9.59 Å². The minimum Gasteiger partial charge on any atom is -0.481 e. The molecule has 0 aliphatic heterocycles.